The number of nitro groups is 1. The second kappa shape index (κ2) is 5.87. The average molecular weight is 351 g/mol. The summed E-state index contributed by atoms with van der Waals surface area (Å²) in [6, 6.07) is 9.67. The maximum absolute atomic E-state index is 12.5. The number of benzene rings is 1. The first-order valence-corrected chi connectivity index (χ1v) is 7.99. The van der Waals surface area contributed by atoms with Crippen LogP contribution in [-0.4, -0.2) is 24.5 Å². The summed E-state index contributed by atoms with van der Waals surface area (Å²) in [5.74, 6) is 0.429. The van der Waals surface area contributed by atoms with E-state index >= 15 is 0 Å². The van der Waals surface area contributed by atoms with E-state index in [4.69, 9.17) is 0 Å². The van der Waals surface area contributed by atoms with Crippen LogP contribution in [0.3, 0.4) is 0 Å². The van der Waals surface area contributed by atoms with Crippen molar-refractivity contribution in [2.75, 3.05) is 0 Å². The highest BCUT2D eigenvalue weighted by Crippen LogP contribution is 2.16. The maximum Gasteiger partial charge on any atom is 0.291 e. The molecule has 9 heteroatoms. The molecule has 25 heavy (non-hydrogen) atoms. The van der Waals surface area contributed by atoms with Crippen LogP contribution in [0.15, 0.2) is 53.6 Å². The highest BCUT2D eigenvalue weighted by Gasteiger charge is 2.12. The molecule has 0 fully saturated rings. The molecule has 0 N–H and O–H groups in total. The van der Waals surface area contributed by atoms with E-state index in [0.717, 1.165) is 5.56 Å². The Morgan fingerprint density at radius 3 is 2.84 bits per heavy atom. The van der Waals surface area contributed by atoms with Gasteiger partial charge in [0.1, 0.15) is 0 Å². The topological polar surface area (TPSA) is 103 Å². The zero-order valence-electron chi connectivity index (χ0n) is 12.6. The van der Waals surface area contributed by atoms with Gasteiger partial charge in [-0.2, -0.15) is 9.50 Å². The van der Waals surface area contributed by atoms with Crippen LogP contribution < -0.4 is 10.1 Å². The molecule has 0 aliphatic rings. The largest absolute Gasteiger partial charge is 0.291 e. The summed E-state index contributed by atoms with van der Waals surface area (Å²) >= 11 is 1.18. The van der Waals surface area contributed by atoms with Crippen LogP contribution in [0.2, 0.25) is 0 Å². The van der Waals surface area contributed by atoms with Crippen LogP contribution in [0.4, 0.5) is 5.69 Å². The second-order valence-corrected chi connectivity index (χ2v) is 6.15. The molecule has 3 heterocycles. The number of hydrogen-bond donors (Lipinski definition) is 0. The van der Waals surface area contributed by atoms with Gasteiger partial charge in [-0.1, -0.05) is 23.5 Å². The summed E-state index contributed by atoms with van der Waals surface area (Å²) in [6.07, 6.45) is 4.87. The number of hydrogen-bond acceptors (Lipinski definition) is 7. The van der Waals surface area contributed by atoms with Crippen molar-refractivity contribution in [3.8, 4) is 11.4 Å². The molecule has 0 aliphatic carbocycles. The number of thiazole rings is 1. The molecular weight excluding hydrogens is 342 g/mol. The Kier molecular flexibility index (Phi) is 3.55. The number of aromatic nitrogens is 4. The van der Waals surface area contributed by atoms with Gasteiger partial charge in [-0.3, -0.25) is 19.9 Å². The van der Waals surface area contributed by atoms with Gasteiger partial charge < -0.3 is 0 Å². The van der Waals surface area contributed by atoms with Crippen molar-refractivity contribution in [1.29, 1.82) is 0 Å². The molecule has 4 rings (SSSR count). The number of nitrogens with zero attached hydrogens (tertiary/aromatic N) is 5. The molecule has 0 saturated heterocycles. The quantitative estimate of drug-likeness (QED) is 0.411. The fraction of sp³-hybridized carbons (Fsp3) is 0. The van der Waals surface area contributed by atoms with Gasteiger partial charge in [-0.15, -0.1) is 5.10 Å². The van der Waals surface area contributed by atoms with Crippen LogP contribution in [0, 0.1) is 10.1 Å². The number of nitro benzene ring substituents is 1. The lowest BCUT2D eigenvalue weighted by Gasteiger charge is -1.93. The molecule has 122 valence electrons. The van der Waals surface area contributed by atoms with Gasteiger partial charge in [0.25, 0.3) is 11.2 Å². The molecule has 0 amide bonds. The summed E-state index contributed by atoms with van der Waals surface area (Å²) in [7, 11) is 0. The lowest BCUT2D eigenvalue weighted by atomic mass is 10.2. The highest BCUT2D eigenvalue weighted by molar-refractivity contribution is 7.15. The molecule has 4 aromatic rings. The summed E-state index contributed by atoms with van der Waals surface area (Å²) in [6.45, 7) is 0. The minimum absolute atomic E-state index is 0.0282. The van der Waals surface area contributed by atoms with Crippen molar-refractivity contribution in [2.24, 2.45) is 0 Å². The van der Waals surface area contributed by atoms with Gasteiger partial charge in [0.2, 0.25) is 4.96 Å². The fourth-order valence-electron chi connectivity index (χ4n) is 2.33. The minimum atomic E-state index is -0.474. The normalized spacial score (nSPS) is 11.9. The van der Waals surface area contributed by atoms with Crippen LogP contribution in [0.25, 0.3) is 22.4 Å². The first kappa shape index (κ1) is 15.1. The van der Waals surface area contributed by atoms with Crippen molar-refractivity contribution >= 4 is 28.1 Å². The standard InChI is InChI=1S/C16H9N5O3S/c22-15-13(8-10-3-1-5-12(7-10)21(23)24)25-16-18-14(19-20(15)16)11-4-2-6-17-9-11/h1-9H/b13-8-. The van der Waals surface area contributed by atoms with E-state index < -0.39 is 4.92 Å². The monoisotopic (exact) mass is 351 g/mol. The number of pyridine rings is 1. The molecule has 0 unspecified atom stereocenters. The van der Waals surface area contributed by atoms with Crippen LogP contribution in [-0.2, 0) is 0 Å². The Morgan fingerprint density at radius 2 is 2.12 bits per heavy atom. The summed E-state index contributed by atoms with van der Waals surface area (Å²) in [5.41, 5.74) is 0.957. The number of rotatable bonds is 3. The van der Waals surface area contributed by atoms with Gasteiger partial charge in [0, 0.05) is 30.1 Å². The van der Waals surface area contributed by atoms with Crippen LogP contribution in [0.5, 0.6) is 0 Å². The van der Waals surface area contributed by atoms with Crippen LogP contribution in [0.1, 0.15) is 5.56 Å². The van der Waals surface area contributed by atoms with Crippen molar-refractivity contribution in [1.82, 2.24) is 19.6 Å². The third-order valence-corrected chi connectivity index (χ3v) is 4.44. The van der Waals surface area contributed by atoms with E-state index in [1.807, 2.05) is 6.07 Å². The number of non-ortho nitro benzene ring substituents is 1. The number of fused-ring (bicyclic) bond motifs is 1. The van der Waals surface area contributed by atoms with Gasteiger partial charge in [-0.25, -0.2) is 0 Å². The van der Waals surface area contributed by atoms with Crippen molar-refractivity contribution in [2.45, 2.75) is 0 Å². The molecule has 0 bridgehead atoms. The summed E-state index contributed by atoms with van der Waals surface area (Å²) < 4.78 is 1.64. The van der Waals surface area contributed by atoms with E-state index in [9.17, 15) is 14.9 Å². The molecule has 3 aromatic heterocycles. The van der Waals surface area contributed by atoms with E-state index in [2.05, 4.69) is 15.1 Å². The maximum atomic E-state index is 12.5. The van der Waals surface area contributed by atoms with E-state index in [-0.39, 0.29) is 11.2 Å². The average Bonchev–Trinajstić information content (AvgIpc) is 3.16. The summed E-state index contributed by atoms with van der Waals surface area (Å²) in [5, 5.41) is 15.1. The predicted octanol–water partition coefficient (Wildman–Crippen LogP) is 1.67. The molecule has 0 atom stereocenters. The Hall–Kier alpha value is -3.46. The van der Waals surface area contributed by atoms with Gasteiger partial charge in [0.15, 0.2) is 5.82 Å². The summed E-state index contributed by atoms with van der Waals surface area (Å²) in [4.78, 5) is 31.7. The first-order chi connectivity index (χ1) is 12.1. The highest BCUT2D eigenvalue weighted by atomic mass is 32.1. The van der Waals surface area contributed by atoms with E-state index in [0.29, 0.717) is 20.9 Å². The molecule has 1 aromatic carbocycles. The fourth-order valence-corrected chi connectivity index (χ4v) is 3.24. The van der Waals surface area contributed by atoms with Crippen molar-refractivity contribution in [3.05, 3.63) is 79.4 Å². The first-order valence-electron chi connectivity index (χ1n) is 7.18. The Labute approximate surface area is 143 Å². The Morgan fingerprint density at radius 1 is 1.24 bits per heavy atom. The SMILES string of the molecule is O=c1/c(=C/c2cccc([N+](=O)[O-])c2)sc2nc(-c3cccnc3)nn12. The third kappa shape index (κ3) is 2.76. The zero-order valence-corrected chi connectivity index (χ0v) is 13.4. The van der Waals surface area contributed by atoms with E-state index in [1.54, 1.807) is 36.7 Å². The third-order valence-electron chi connectivity index (χ3n) is 3.48. The molecule has 0 radical (unpaired) electrons. The van der Waals surface area contributed by atoms with Crippen molar-refractivity contribution in [3.63, 3.8) is 0 Å². The van der Waals surface area contributed by atoms with Gasteiger partial charge in [0.05, 0.1) is 9.46 Å². The molecule has 8 nitrogen and oxygen atoms in total. The van der Waals surface area contributed by atoms with Gasteiger partial charge >= 0.3 is 0 Å². The van der Waals surface area contributed by atoms with E-state index in [1.165, 1.54) is 28.0 Å². The van der Waals surface area contributed by atoms with Crippen molar-refractivity contribution < 1.29 is 4.92 Å². The molecule has 0 spiro atoms. The Balaban J connectivity index is 1.81. The van der Waals surface area contributed by atoms with Crippen LogP contribution >= 0.6 is 11.3 Å². The predicted molar refractivity (Wildman–Crippen MR) is 92.2 cm³/mol. The lowest BCUT2D eigenvalue weighted by Crippen LogP contribution is -2.23. The molecule has 0 aliphatic heterocycles. The Bertz CT molecular complexity index is 1200. The second-order valence-electron chi connectivity index (χ2n) is 5.14. The van der Waals surface area contributed by atoms with Gasteiger partial charge in [-0.05, 0) is 23.8 Å². The molecule has 0 saturated carbocycles. The smallest absolute Gasteiger partial charge is 0.266 e. The molecular formula is C16H9N5O3S. The lowest BCUT2D eigenvalue weighted by molar-refractivity contribution is -0.384. The zero-order chi connectivity index (χ0) is 17.4. The minimum Gasteiger partial charge on any atom is -0.266 e.